The highest BCUT2D eigenvalue weighted by atomic mass is 16.2. The maximum absolute atomic E-state index is 12.0. The molecule has 1 heterocycles. The molecule has 1 amide bonds. The van der Waals surface area contributed by atoms with Crippen LogP contribution in [0.15, 0.2) is 29.3 Å². The van der Waals surface area contributed by atoms with Crippen molar-refractivity contribution in [3.8, 4) is 0 Å². The summed E-state index contributed by atoms with van der Waals surface area (Å²) in [7, 11) is 0. The Balaban J connectivity index is 1.61. The Morgan fingerprint density at radius 2 is 1.86 bits per heavy atom. The topological polar surface area (TPSA) is 53.5 Å². The van der Waals surface area contributed by atoms with E-state index < -0.39 is 0 Å². The molecule has 0 aromatic heterocycles. The molecular weight excluding hydrogens is 262 g/mol. The Morgan fingerprint density at radius 3 is 2.52 bits per heavy atom. The highest BCUT2D eigenvalue weighted by Gasteiger charge is 2.16. The number of benzene rings is 1. The minimum atomic E-state index is -0.139. The number of carbonyl (C=O) groups is 1. The molecule has 0 unspecified atom stereocenters. The summed E-state index contributed by atoms with van der Waals surface area (Å²) in [6.07, 6.45) is 7.65. The fourth-order valence-electron chi connectivity index (χ4n) is 3.15. The van der Waals surface area contributed by atoms with Crippen LogP contribution in [0, 0.1) is 0 Å². The number of amides is 1. The van der Waals surface area contributed by atoms with Crippen LogP contribution in [0.3, 0.4) is 0 Å². The van der Waals surface area contributed by atoms with Gasteiger partial charge in [0.2, 0.25) is 0 Å². The van der Waals surface area contributed by atoms with E-state index in [1.54, 1.807) is 0 Å². The molecular formula is C17H23N3O. The van der Waals surface area contributed by atoms with Gasteiger partial charge in [0.1, 0.15) is 0 Å². The minimum absolute atomic E-state index is 0.139. The van der Waals surface area contributed by atoms with Crippen LogP contribution in [0.25, 0.3) is 0 Å². The van der Waals surface area contributed by atoms with Crippen molar-refractivity contribution in [1.29, 1.82) is 0 Å². The third-order valence-electron chi connectivity index (χ3n) is 4.36. The molecule has 4 heteroatoms. The van der Waals surface area contributed by atoms with E-state index in [2.05, 4.69) is 27.8 Å². The highest BCUT2D eigenvalue weighted by molar-refractivity contribution is 6.42. The van der Waals surface area contributed by atoms with Gasteiger partial charge in [0.25, 0.3) is 5.91 Å². The molecule has 4 nitrogen and oxygen atoms in total. The van der Waals surface area contributed by atoms with Gasteiger partial charge < -0.3 is 10.6 Å². The van der Waals surface area contributed by atoms with Crippen molar-refractivity contribution >= 4 is 17.4 Å². The van der Waals surface area contributed by atoms with Crippen molar-refractivity contribution in [3.05, 3.63) is 29.8 Å². The zero-order chi connectivity index (χ0) is 14.5. The van der Waals surface area contributed by atoms with E-state index in [1.165, 1.54) is 37.7 Å². The molecule has 1 aromatic carbocycles. The van der Waals surface area contributed by atoms with E-state index in [1.807, 2.05) is 12.1 Å². The normalized spacial score (nSPS) is 19.5. The molecule has 0 spiro atoms. The molecule has 21 heavy (non-hydrogen) atoms. The first kappa shape index (κ1) is 14.1. The summed E-state index contributed by atoms with van der Waals surface area (Å²) in [4.78, 5) is 16.3. The first-order valence-corrected chi connectivity index (χ1v) is 8.02. The molecule has 0 radical (unpaired) electrons. The van der Waals surface area contributed by atoms with Gasteiger partial charge in [-0.15, -0.1) is 0 Å². The van der Waals surface area contributed by atoms with E-state index >= 15 is 0 Å². The average Bonchev–Trinajstić information content (AvgIpc) is 2.57. The van der Waals surface area contributed by atoms with Crippen LogP contribution >= 0.6 is 0 Å². The van der Waals surface area contributed by atoms with Gasteiger partial charge in [0.05, 0.1) is 0 Å². The van der Waals surface area contributed by atoms with E-state index in [9.17, 15) is 4.79 Å². The summed E-state index contributed by atoms with van der Waals surface area (Å²) in [5.74, 6) is 1.02. The largest absolute Gasteiger partial charge is 0.366 e. The lowest BCUT2D eigenvalue weighted by molar-refractivity contribution is -0.110. The fourth-order valence-corrected chi connectivity index (χ4v) is 3.15. The number of nitrogens with one attached hydrogen (secondary N) is 2. The molecule has 0 saturated heterocycles. The number of hydrogen-bond donors (Lipinski definition) is 2. The number of rotatable bonds is 3. The summed E-state index contributed by atoms with van der Waals surface area (Å²) >= 11 is 0. The summed E-state index contributed by atoms with van der Waals surface area (Å²) in [6, 6.07) is 8.32. The van der Waals surface area contributed by atoms with Crippen LogP contribution in [0.1, 0.15) is 50.0 Å². The van der Waals surface area contributed by atoms with E-state index in [4.69, 9.17) is 0 Å². The lowest BCUT2D eigenvalue weighted by atomic mass is 9.84. The summed E-state index contributed by atoms with van der Waals surface area (Å²) in [5.41, 5.74) is 2.25. The zero-order valence-electron chi connectivity index (χ0n) is 12.4. The standard InChI is InChI=1S/C17H23N3O/c21-17(16-18-11-4-12-19-16)20-15-9-7-14(8-10-15)13-5-2-1-3-6-13/h7-10,13H,1-6,11-12H2,(H,18,19)(H,20,21). The predicted molar refractivity (Wildman–Crippen MR) is 85.8 cm³/mol. The summed E-state index contributed by atoms with van der Waals surface area (Å²) < 4.78 is 0. The number of hydrogen-bond acceptors (Lipinski definition) is 3. The molecule has 1 aromatic rings. The zero-order valence-corrected chi connectivity index (χ0v) is 12.4. The van der Waals surface area contributed by atoms with Gasteiger partial charge >= 0.3 is 0 Å². The minimum Gasteiger partial charge on any atom is -0.366 e. The first-order valence-electron chi connectivity index (χ1n) is 8.02. The van der Waals surface area contributed by atoms with E-state index in [-0.39, 0.29) is 5.91 Å². The molecule has 112 valence electrons. The fraction of sp³-hybridized carbons (Fsp3) is 0.529. The third kappa shape index (κ3) is 3.63. The number of aliphatic imine (C=N–C) groups is 1. The van der Waals surface area contributed by atoms with Crippen LogP contribution in [0.4, 0.5) is 5.69 Å². The van der Waals surface area contributed by atoms with E-state index in [0.29, 0.717) is 11.8 Å². The molecule has 3 rings (SSSR count). The van der Waals surface area contributed by atoms with Crippen molar-refractivity contribution in [2.24, 2.45) is 4.99 Å². The Labute approximate surface area is 126 Å². The van der Waals surface area contributed by atoms with Gasteiger partial charge in [-0.2, -0.15) is 0 Å². The lowest BCUT2D eigenvalue weighted by Gasteiger charge is -2.22. The number of carbonyl (C=O) groups excluding carboxylic acids is 1. The molecule has 1 aliphatic heterocycles. The van der Waals surface area contributed by atoms with Crippen LogP contribution in [-0.2, 0) is 4.79 Å². The number of nitrogens with zero attached hydrogens (tertiary/aromatic N) is 1. The molecule has 0 atom stereocenters. The second-order valence-electron chi connectivity index (χ2n) is 5.92. The molecule has 1 saturated carbocycles. The van der Waals surface area contributed by atoms with Crippen molar-refractivity contribution < 1.29 is 4.79 Å². The number of amidine groups is 1. The van der Waals surface area contributed by atoms with E-state index in [0.717, 1.165) is 25.2 Å². The van der Waals surface area contributed by atoms with Crippen molar-refractivity contribution in [2.75, 3.05) is 18.4 Å². The maximum atomic E-state index is 12.0. The van der Waals surface area contributed by atoms with Gasteiger partial charge in [-0.05, 0) is 42.9 Å². The third-order valence-corrected chi connectivity index (χ3v) is 4.36. The Bertz CT molecular complexity index is 515. The first-order chi connectivity index (χ1) is 10.3. The predicted octanol–water partition coefficient (Wildman–Crippen LogP) is 3.06. The SMILES string of the molecule is O=C(Nc1ccc(C2CCCCC2)cc1)C1=NCCCN1. The van der Waals surface area contributed by atoms with Gasteiger partial charge in [-0.25, -0.2) is 0 Å². The van der Waals surface area contributed by atoms with Crippen molar-refractivity contribution in [1.82, 2.24) is 5.32 Å². The van der Waals surface area contributed by atoms with Crippen LogP contribution < -0.4 is 10.6 Å². The highest BCUT2D eigenvalue weighted by Crippen LogP contribution is 2.32. The summed E-state index contributed by atoms with van der Waals surface area (Å²) in [5, 5.41) is 5.95. The smallest absolute Gasteiger partial charge is 0.290 e. The Kier molecular flexibility index (Phi) is 4.53. The average molecular weight is 285 g/mol. The van der Waals surface area contributed by atoms with Gasteiger partial charge in [-0.3, -0.25) is 9.79 Å². The van der Waals surface area contributed by atoms with Crippen molar-refractivity contribution in [3.63, 3.8) is 0 Å². The Hall–Kier alpha value is -1.84. The van der Waals surface area contributed by atoms with Gasteiger partial charge in [0, 0.05) is 18.8 Å². The van der Waals surface area contributed by atoms with Gasteiger partial charge in [0.15, 0.2) is 5.84 Å². The number of anilines is 1. The van der Waals surface area contributed by atoms with Crippen LogP contribution in [-0.4, -0.2) is 24.8 Å². The maximum Gasteiger partial charge on any atom is 0.290 e. The molecule has 2 aliphatic rings. The van der Waals surface area contributed by atoms with Crippen LogP contribution in [0.2, 0.25) is 0 Å². The monoisotopic (exact) mass is 285 g/mol. The summed E-state index contributed by atoms with van der Waals surface area (Å²) in [6.45, 7) is 1.56. The van der Waals surface area contributed by atoms with Crippen molar-refractivity contribution in [2.45, 2.75) is 44.4 Å². The van der Waals surface area contributed by atoms with Crippen LogP contribution in [0.5, 0.6) is 0 Å². The molecule has 2 N–H and O–H groups in total. The quantitative estimate of drug-likeness (QED) is 0.896. The second-order valence-corrected chi connectivity index (χ2v) is 5.92. The molecule has 0 bridgehead atoms. The molecule has 1 aliphatic carbocycles. The Morgan fingerprint density at radius 1 is 1.10 bits per heavy atom. The lowest BCUT2D eigenvalue weighted by Crippen LogP contribution is -2.39. The van der Waals surface area contributed by atoms with Gasteiger partial charge in [-0.1, -0.05) is 31.4 Å². The molecule has 1 fully saturated rings. The second kappa shape index (κ2) is 6.74.